The average Bonchev–Trinajstić information content (AvgIpc) is 2.88. The lowest BCUT2D eigenvalue weighted by Gasteiger charge is -2.28. The number of hydrogen-bond donors (Lipinski definition) is 4. The fourth-order valence-electron chi connectivity index (χ4n) is 5.05. The highest BCUT2D eigenvalue weighted by Crippen LogP contribution is 2.47. The minimum absolute atomic E-state index is 0.114. The van der Waals surface area contributed by atoms with Crippen molar-refractivity contribution >= 4 is 36.4 Å². The second-order valence-electron chi connectivity index (χ2n) is 15.7. The highest BCUT2D eigenvalue weighted by molar-refractivity contribution is 7.61. The fraction of sp³-hybridized carbons (Fsp3) is 0.571. The molecule has 46 heavy (non-hydrogen) atoms. The van der Waals surface area contributed by atoms with Gasteiger partial charge in [0.15, 0.2) is 0 Å². The van der Waals surface area contributed by atoms with Gasteiger partial charge in [-0.25, -0.2) is 0 Å². The summed E-state index contributed by atoms with van der Waals surface area (Å²) in [5.74, 6) is 0.725. The molecule has 254 valence electrons. The zero-order chi connectivity index (χ0) is 35.0. The molecule has 0 saturated carbocycles. The van der Waals surface area contributed by atoms with Crippen LogP contribution in [0.3, 0.4) is 0 Å². The summed E-state index contributed by atoms with van der Waals surface area (Å²) >= 11 is 0. The van der Waals surface area contributed by atoms with E-state index in [4.69, 9.17) is 9.05 Å². The van der Waals surface area contributed by atoms with Crippen molar-refractivity contribution < 1.29 is 23.8 Å². The molecule has 0 atom stereocenters. The van der Waals surface area contributed by atoms with Crippen LogP contribution in [0.15, 0.2) is 24.3 Å². The first-order valence-corrected chi connectivity index (χ1v) is 17.4. The molecule has 3 rings (SSSR count). The van der Waals surface area contributed by atoms with Gasteiger partial charge in [0.05, 0.1) is 13.2 Å². The van der Waals surface area contributed by atoms with Gasteiger partial charge in [0, 0.05) is 33.6 Å². The van der Waals surface area contributed by atoms with Crippen LogP contribution in [0.2, 0.25) is 0 Å². The molecule has 1 aromatic heterocycles. The summed E-state index contributed by atoms with van der Waals surface area (Å²) in [5.41, 5.74) is 2.78. The smallest absolute Gasteiger partial charge is 0.398 e. The van der Waals surface area contributed by atoms with Crippen molar-refractivity contribution in [1.29, 1.82) is 0 Å². The number of anilines is 4. The molecule has 0 saturated heterocycles. The summed E-state index contributed by atoms with van der Waals surface area (Å²) < 4.78 is 25.2. The number of nitrogens with one attached hydrogen (secondary N) is 2. The number of aromatic nitrogens is 3. The minimum atomic E-state index is -3.92. The van der Waals surface area contributed by atoms with Gasteiger partial charge in [-0.3, -0.25) is 4.57 Å². The number of phenolic OH excluding ortho intramolecular Hbond substituents is 2. The summed E-state index contributed by atoms with van der Waals surface area (Å²) in [5, 5.41) is 29.0. The molecule has 0 spiro atoms. The van der Waals surface area contributed by atoms with Crippen molar-refractivity contribution in [1.82, 2.24) is 15.0 Å². The number of rotatable bonds is 9. The summed E-state index contributed by atoms with van der Waals surface area (Å²) in [4.78, 5) is 13.7. The van der Waals surface area contributed by atoms with Crippen LogP contribution in [0, 0.1) is 0 Å². The quantitative estimate of drug-likeness (QED) is 0.131. The van der Waals surface area contributed by atoms with Gasteiger partial charge in [0.2, 0.25) is 17.5 Å². The van der Waals surface area contributed by atoms with Gasteiger partial charge in [-0.15, -0.1) is 0 Å². The van der Waals surface area contributed by atoms with Crippen molar-refractivity contribution in [2.45, 2.75) is 119 Å². The SMILES string of the molecule is CCOP(=O)(OCC)c1nc(Nc2cc(C(C)(C)C)c(O)c(C(C)(C)C)c2)nc(Nc2cc(C(C)(C)C)c(O)c(C(C)(C)C)c2)n1. The normalized spacial score (nSPS) is 13.2. The molecule has 1 heterocycles. The van der Waals surface area contributed by atoms with Crippen LogP contribution in [0.1, 0.15) is 119 Å². The lowest BCUT2D eigenvalue weighted by molar-refractivity contribution is 0.228. The lowest BCUT2D eigenvalue weighted by Crippen LogP contribution is -2.23. The van der Waals surface area contributed by atoms with E-state index in [1.807, 2.05) is 107 Å². The topological polar surface area (TPSA) is 139 Å². The molecule has 0 aliphatic rings. The van der Waals surface area contributed by atoms with E-state index >= 15 is 0 Å². The van der Waals surface area contributed by atoms with Crippen molar-refractivity contribution in [2.75, 3.05) is 23.8 Å². The molecular weight excluding hydrogens is 601 g/mol. The summed E-state index contributed by atoms with van der Waals surface area (Å²) in [6, 6.07) is 7.49. The summed E-state index contributed by atoms with van der Waals surface area (Å²) in [6.07, 6.45) is 0. The Labute approximate surface area is 275 Å². The van der Waals surface area contributed by atoms with Crippen LogP contribution < -0.4 is 16.2 Å². The highest BCUT2D eigenvalue weighted by Gasteiger charge is 2.33. The standard InChI is InChI=1S/C35H54N5O5P/c1-15-44-46(43,45-16-2)31-39-29(36-21-17-23(32(3,4)5)27(41)24(18-21)33(6,7)8)38-30(40-31)37-22-19-25(34(9,10)11)28(42)26(20-22)35(12,13)14/h17-20,41-42H,15-16H2,1-14H3,(H2,36,37,38,39,40). The predicted octanol–water partition coefficient (Wildman–Crippen LogP) is 8.85. The zero-order valence-electron chi connectivity index (χ0n) is 30.1. The maximum atomic E-state index is 13.9. The van der Waals surface area contributed by atoms with E-state index in [0.29, 0.717) is 11.4 Å². The molecule has 0 amide bonds. The molecule has 0 bridgehead atoms. The highest BCUT2D eigenvalue weighted by atomic mass is 31.2. The molecule has 0 unspecified atom stereocenters. The Morgan fingerprint density at radius 2 is 0.870 bits per heavy atom. The van der Waals surface area contributed by atoms with Crippen LogP contribution in [-0.2, 0) is 35.3 Å². The molecule has 11 heteroatoms. The third-order valence-corrected chi connectivity index (χ3v) is 9.32. The monoisotopic (exact) mass is 655 g/mol. The maximum absolute atomic E-state index is 13.9. The average molecular weight is 656 g/mol. The Hall–Kier alpha value is -3.20. The van der Waals surface area contributed by atoms with E-state index < -0.39 is 7.60 Å². The van der Waals surface area contributed by atoms with Crippen molar-refractivity contribution in [3.63, 3.8) is 0 Å². The Bertz CT molecular complexity index is 1430. The van der Waals surface area contributed by atoms with Gasteiger partial charge in [-0.2, -0.15) is 15.0 Å². The van der Waals surface area contributed by atoms with E-state index in [1.165, 1.54) is 0 Å². The first-order valence-electron chi connectivity index (χ1n) is 15.9. The van der Waals surface area contributed by atoms with E-state index in [-0.39, 0.29) is 63.8 Å². The van der Waals surface area contributed by atoms with Crippen molar-refractivity contribution in [3.05, 3.63) is 46.5 Å². The van der Waals surface area contributed by atoms with Crippen LogP contribution >= 0.6 is 7.60 Å². The summed E-state index contributed by atoms with van der Waals surface area (Å²) in [7, 11) is -3.92. The molecule has 2 aromatic carbocycles. The Morgan fingerprint density at radius 3 is 1.11 bits per heavy atom. The number of benzene rings is 2. The summed E-state index contributed by atoms with van der Waals surface area (Å²) in [6.45, 7) is 28.2. The van der Waals surface area contributed by atoms with Crippen LogP contribution in [0.25, 0.3) is 0 Å². The maximum Gasteiger partial charge on any atom is 0.398 e. The molecule has 0 fully saturated rings. The Kier molecular flexibility index (Phi) is 10.6. The Morgan fingerprint density at radius 1 is 0.587 bits per heavy atom. The minimum Gasteiger partial charge on any atom is -0.507 e. The first kappa shape index (κ1) is 37.3. The largest absolute Gasteiger partial charge is 0.507 e. The van der Waals surface area contributed by atoms with Gasteiger partial charge in [-0.1, -0.05) is 83.1 Å². The van der Waals surface area contributed by atoms with E-state index in [2.05, 4.69) is 25.6 Å². The fourth-order valence-corrected chi connectivity index (χ4v) is 6.47. The molecule has 0 aliphatic carbocycles. The zero-order valence-corrected chi connectivity index (χ0v) is 31.0. The number of phenols is 2. The van der Waals surface area contributed by atoms with Crippen molar-refractivity contribution in [3.8, 4) is 11.5 Å². The lowest BCUT2D eigenvalue weighted by atomic mass is 9.79. The number of hydrogen-bond acceptors (Lipinski definition) is 10. The van der Waals surface area contributed by atoms with E-state index in [9.17, 15) is 14.8 Å². The third kappa shape index (κ3) is 8.58. The number of nitrogens with zero attached hydrogens (tertiary/aromatic N) is 3. The molecule has 10 nitrogen and oxygen atoms in total. The molecule has 0 aliphatic heterocycles. The van der Waals surface area contributed by atoms with Gasteiger partial charge in [0.25, 0.3) is 0 Å². The molecule has 4 N–H and O–H groups in total. The number of aromatic hydroxyl groups is 2. The predicted molar refractivity (Wildman–Crippen MR) is 188 cm³/mol. The molecular formula is C35H54N5O5P. The second-order valence-corrected chi connectivity index (χ2v) is 17.6. The van der Waals surface area contributed by atoms with Crippen LogP contribution in [0.5, 0.6) is 11.5 Å². The Balaban J connectivity index is 2.28. The van der Waals surface area contributed by atoms with E-state index in [1.54, 1.807) is 13.8 Å². The third-order valence-electron chi connectivity index (χ3n) is 7.43. The first-order chi connectivity index (χ1) is 20.9. The van der Waals surface area contributed by atoms with Crippen LogP contribution in [0.4, 0.5) is 23.3 Å². The van der Waals surface area contributed by atoms with Crippen molar-refractivity contribution in [2.24, 2.45) is 0 Å². The van der Waals surface area contributed by atoms with E-state index in [0.717, 1.165) is 22.3 Å². The molecule has 0 radical (unpaired) electrons. The second kappa shape index (κ2) is 13.1. The molecule has 3 aromatic rings. The van der Waals surface area contributed by atoms with Gasteiger partial charge < -0.3 is 29.9 Å². The van der Waals surface area contributed by atoms with Gasteiger partial charge in [0.1, 0.15) is 11.5 Å². The van der Waals surface area contributed by atoms with Crippen LogP contribution in [-0.4, -0.2) is 38.4 Å². The van der Waals surface area contributed by atoms with Gasteiger partial charge in [-0.05, 0) is 59.8 Å². The van der Waals surface area contributed by atoms with Gasteiger partial charge >= 0.3 is 7.60 Å².